The summed E-state index contributed by atoms with van der Waals surface area (Å²) in [5, 5.41) is 12.6. The molecule has 1 aromatic heterocycles. The van der Waals surface area contributed by atoms with Crippen molar-refractivity contribution in [1.29, 1.82) is 0 Å². The van der Waals surface area contributed by atoms with Crippen LogP contribution in [0.15, 0.2) is 33.9 Å². The van der Waals surface area contributed by atoms with Gasteiger partial charge < -0.3 is 9.30 Å². The number of hydrogen-bond donors (Lipinski definition) is 1. The summed E-state index contributed by atoms with van der Waals surface area (Å²) < 4.78 is 30.1. The van der Waals surface area contributed by atoms with Gasteiger partial charge in [-0.2, -0.15) is 0 Å². The minimum atomic E-state index is -3.72. The van der Waals surface area contributed by atoms with E-state index in [0.717, 1.165) is 0 Å². The summed E-state index contributed by atoms with van der Waals surface area (Å²) in [4.78, 5) is 0.0189. The zero-order valence-corrected chi connectivity index (χ0v) is 12.3. The SMILES string of the molecule is Cn1cnnc1COc1ccc(S(N)(=O)=O)cc1Br. The summed E-state index contributed by atoms with van der Waals surface area (Å²) >= 11 is 3.23. The van der Waals surface area contributed by atoms with Gasteiger partial charge in [0.05, 0.1) is 9.37 Å². The first kappa shape index (κ1) is 14.0. The fourth-order valence-electron chi connectivity index (χ4n) is 1.36. The molecule has 0 aliphatic heterocycles. The average Bonchev–Trinajstić information content (AvgIpc) is 2.72. The monoisotopic (exact) mass is 346 g/mol. The second-order valence-electron chi connectivity index (χ2n) is 3.78. The van der Waals surface area contributed by atoms with Gasteiger partial charge in [-0.25, -0.2) is 13.6 Å². The van der Waals surface area contributed by atoms with E-state index in [1.54, 1.807) is 17.9 Å². The zero-order valence-electron chi connectivity index (χ0n) is 9.95. The largest absolute Gasteiger partial charge is 0.484 e. The van der Waals surface area contributed by atoms with E-state index in [1.807, 2.05) is 0 Å². The molecule has 0 saturated heterocycles. The van der Waals surface area contributed by atoms with E-state index in [9.17, 15) is 8.42 Å². The number of nitrogens with zero attached hydrogens (tertiary/aromatic N) is 3. The number of hydrogen-bond acceptors (Lipinski definition) is 5. The number of aryl methyl sites for hydroxylation is 1. The predicted octanol–water partition coefficient (Wildman–Crippen LogP) is 0.804. The van der Waals surface area contributed by atoms with Crippen LogP contribution in [0.25, 0.3) is 0 Å². The van der Waals surface area contributed by atoms with Gasteiger partial charge in [-0.1, -0.05) is 0 Å². The van der Waals surface area contributed by atoms with Crippen LogP contribution in [0.5, 0.6) is 5.75 Å². The molecule has 0 amide bonds. The smallest absolute Gasteiger partial charge is 0.238 e. The first-order valence-electron chi connectivity index (χ1n) is 5.16. The molecule has 2 aromatic rings. The molecule has 1 aromatic carbocycles. The topological polar surface area (TPSA) is 100 Å². The van der Waals surface area contributed by atoms with Crippen LogP contribution in [0.3, 0.4) is 0 Å². The van der Waals surface area contributed by atoms with Crippen molar-refractivity contribution in [2.75, 3.05) is 0 Å². The van der Waals surface area contributed by atoms with E-state index < -0.39 is 10.0 Å². The van der Waals surface area contributed by atoms with E-state index >= 15 is 0 Å². The molecule has 1 heterocycles. The molecular formula is C10H11BrN4O3S. The highest BCUT2D eigenvalue weighted by Gasteiger charge is 2.11. The number of halogens is 1. The first-order chi connectivity index (χ1) is 8.88. The third kappa shape index (κ3) is 3.31. The number of nitrogens with two attached hydrogens (primary N) is 1. The summed E-state index contributed by atoms with van der Waals surface area (Å²) in [6.45, 7) is 0.226. The lowest BCUT2D eigenvalue weighted by Gasteiger charge is -2.08. The first-order valence-corrected chi connectivity index (χ1v) is 7.50. The molecule has 0 saturated carbocycles. The van der Waals surface area contributed by atoms with Crippen molar-refractivity contribution in [3.8, 4) is 5.75 Å². The Morgan fingerprint density at radius 3 is 2.74 bits per heavy atom. The molecule has 0 radical (unpaired) electrons. The Morgan fingerprint density at radius 1 is 1.47 bits per heavy atom. The Labute approximate surface area is 118 Å². The highest BCUT2D eigenvalue weighted by Crippen LogP contribution is 2.27. The van der Waals surface area contributed by atoms with Crippen LogP contribution in [-0.4, -0.2) is 23.2 Å². The molecule has 0 atom stereocenters. The minimum Gasteiger partial charge on any atom is -0.484 e. The Bertz CT molecular complexity index is 699. The van der Waals surface area contributed by atoms with Crippen LogP contribution in [0, 0.1) is 0 Å². The quantitative estimate of drug-likeness (QED) is 0.882. The van der Waals surface area contributed by atoms with Crippen molar-refractivity contribution in [2.45, 2.75) is 11.5 Å². The van der Waals surface area contributed by atoms with Gasteiger partial charge in [0.2, 0.25) is 10.0 Å². The van der Waals surface area contributed by atoms with Gasteiger partial charge in [0.1, 0.15) is 18.7 Å². The van der Waals surface area contributed by atoms with Crippen molar-refractivity contribution in [1.82, 2.24) is 14.8 Å². The second-order valence-corrected chi connectivity index (χ2v) is 6.20. The molecule has 9 heteroatoms. The van der Waals surface area contributed by atoms with Gasteiger partial charge in [0.15, 0.2) is 5.82 Å². The maximum Gasteiger partial charge on any atom is 0.238 e. The Hall–Kier alpha value is -1.45. The Balaban J connectivity index is 2.16. The molecule has 2 N–H and O–H groups in total. The molecule has 0 bridgehead atoms. The van der Waals surface area contributed by atoms with Crippen LogP contribution in [0.2, 0.25) is 0 Å². The number of aromatic nitrogens is 3. The molecule has 0 aliphatic carbocycles. The molecule has 0 unspecified atom stereocenters. The highest BCUT2D eigenvalue weighted by molar-refractivity contribution is 9.10. The lowest BCUT2D eigenvalue weighted by Crippen LogP contribution is -2.12. The summed E-state index contributed by atoms with van der Waals surface area (Å²) in [7, 11) is -1.92. The van der Waals surface area contributed by atoms with Gasteiger partial charge in [-0.3, -0.25) is 0 Å². The highest BCUT2D eigenvalue weighted by atomic mass is 79.9. The number of rotatable bonds is 4. The molecule has 19 heavy (non-hydrogen) atoms. The van der Waals surface area contributed by atoms with Gasteiger partial charge in [-0.05, 0) is 34.1 Å². The fraction of sp³-hybridized carbons (Fsp3) is 0.200. The van der Waals surface area contributed by atoms with Crippen molar-refractivity contribution < 1.29 is 13.2 Å². The average molecular weight is 347 g/mol. The van der Waals surface area contributed by atoms with Gasteiger partial charge in [0.25, 0.3) is 0 Å². The Kier molecular flexibility index (Phi) is 3.88. The number of ether oxygens (including phenoxy) is 1. The van der Waals surface area contributed by atoms with E-state index in [2.05, 4.69) is 26.1 Å². The summed E-state index contributed by atoms with van der Waals surface area (Å²) in [6, 6.07) is 4.30. The van der Waals surface area contributed by atoms with E-state index in [1.165, 1.54) is 18.2 Å². The van der Waals surface area contributed by atoms with Crippen LogP contribution in [0.1, 0.15) is 5.82 Å². The third-order valence-electron chi connectivity index (χ3n) is 2.39. The van der Waals surface area contributed by atoms with E-state index in [4.69, 9.17) is 9.88 Å². The maximum atomic E-state index is 11.2. The van der Waals surface area contributed by atoms with Crippen molar-refractivity contribution in [2.24, 2.45) is 12.2 Å². The molecule has 0 aliphatic rings. The molecule has 0 fully saturated rings. The normalized spacial score (nSPS) is 11.5. The van der Waals surface area contributed by atoms with Gasteiger partial charge in [0, 0.05) is 7.05 Å². The maximum absolute atomic E-state index is 11.2. The molecule has 0 spiro atoms. The van der Waals surface area contributed by atoms with Crippen molar-refractivity contribution in [3.05, 3.63) is 34.8 Å². The van der Waals surface area contributed by atoms with Crippen LogP contribution in [0.4, 0.5) is 0 Å². The van der Waals surface area contributed by atoms with E-state index in [0.29, 0.717) is 16.0 Å². The number of sulfonamides is 1. The standard InChI is InChI=1S/C10H11BrN4O3S/c1-15-6-13-14-10(15)5-18-9-3-2-7(4-8(9)11)19(12,16)17/h2-4,6H,5H2,1H3,(H2,12,16,17). The summed E-state index contributed by atoms with van der Waals surface area (Å²) in [6.07, 6.45) is 1.57. The predicted molar refractivity (Wildman–Crippen MR) is 70.9 cm³/mol. The van der Waals surface area contributed by atoms with Crippen LogP contribution >= 0.6 is 15.9 Å². The van der Waals surface area contributed by atoms with Gasteiger partial charge in [-0.15, -0.1) is 10.2 Å². The van der Waals surface area contributed by atoms with Crippen LogP contribution in [-0.2, 0) is 23.7 Å². The fourth-order valence-corrected chi connectivity index (χ4v) is 2.54. The van der Waals surface area contributed by atoms with Crippen molar-refractivity contribution >= 4 is 26.0 Å². The zero-order chi connectivity index (χ0) is 14.0. The lowest BCUT2D eigenvalue weighted by molar-refractivity contribution is 0.289. The molecule has 2 rings (SSSR count). The van der Waals surface area contributed by atoms with Crippen LogP contribution < -0.4 is 9.88 Å². The summed E-state index contributed by atoms with van der Waals surface area (Å²) in [5.41, 5.74) is 0. The third-order valence-corrected chi connectivity index (χ3v) is 3.92. The number of primary sulfonamides is 1. The summed E-state index contributed by atoms with van der Waals surface area (Å²) in [5.74, 6) is 1.15. The molecular weight excluding hydrogens is 336 g/mol. The van der Waals surface area contributed by atoms with Crippen molar-refractivity contribution in [3.63, 3.8) is 0 Å². The number of benzene rings is 1. The molecule has 7 nitrogen and oxygen atoms in total. The lowest BCUT2D eigenvalue weighted by atomic mass is 10.3. The molecule has 102 valence electrons. The van der Waals surface area contributed by atoms with Gasteiger partial charge >= 0.3 is 0 Å². The Morgan fingerprint density at radius 2 is 2.21 bits per heavy atom. The van der Waals surface area contributed by atoms with E-state index in [-0.39, 0.29) is 11.5 Å². The minimum absolute atomic E-state index is 0.0189. The second kappa shape index (κ2) is 5.27.